The minimum atomic E-state index is 0.127. The summed E-state index contributed by atoms with van der Waals surface area (Å²) in [6.07, 6.45) is 8.44. The first kappa shape index (κ1) is 15.0. The second-order valence-corrected chi connectivity index (χ2v) is 6.84. The Bertz CT molecular complexity index is 422. The van der Waals surface area contributed by atoms with Crippen molar-refractivity contribution >= 4 is 5.91 Å². The van der Waals surface area contributed by atoms with E-state index in [-0.39, 0.29) is 11.3 Å². The third-order valence-electron chi connectivity index (χ3n) is 4.26. The molecule has 2 rings (SSSR count). The first-order valence-electron chi connectivity index (χ1n) is 7.58. The third-order valence-corrected chi connectivity index (χ3v) is 4.26. The summed E-state index contributed by atoms with van der Waals surface area (Å²) in [5, 5.41) is 7.25. The fourth-order valence-corrected chi connectivity index (χ4v) is 3.18. The average Bonchev–Trinajstić information content (AvgIpc) is 2.89. The molecule has 0 spiro atoms. The van der Waals surface area contributed by atoms with Crippen LogP contribution in [0.4, 0.5) is 0 Å². The molecule has 0 radical (unpaired) electrons. The molecule has 1 amide bonds. The van der Waals surface area contributed by atoms with E-state index in [9.17, 15) is 4.79 Å². The zero-order valence-electron chi connectivity index (χ0n) is 12.8. The molecule has 1 aliphatic carbocycles. The van der Waals surface area contributed by atoms with Gasteiger partial charge in [0, 0.05) is 12.5 Å². The number of carbonyl (C=O) groups is 1. The van der Waals surface area contributed by atoms with Crippen LogP contribution in [-0.4, -0.2) is 26.7 Å². The number of carbonyl (C=O) groups excluding carboxylic acids is 1. The number of amides is 1. The van der Waals surface area contributed by atoms with Crippen LogP contribution in [0, 0.1) is 11.3 Å². The van der Waals surface area contributed by atoms with E-state index in [4.69, 9.17) is 0 Å². The molecular weight excluding hydrogens is 252 g/mol. The number of rotatable bonds is 4. The quantitative estimate of drug-likeness (QED) is 0.920. The van der Waals surface area contributed by atoms with Crippen molar-refractivity contribution in [3.8, 4) is 0 Å². The van der Waals surface area contributed by atoms with E-state index in [1.807, 2.05) is 0 Å². The van der Waals surface area contributed by atoms with Gasteiger partial charge >= 0.3 is 0 Å². The first-order valence-corrected chi connectivity index (χ1v) is 7.58. The molecule has 1 aromatic heterocycles. The van der Waals surface area contributed by atoms with Crippen LogP contribution in [0.15, 0.2) is 12.7 Å². The number of hydrogen-bond acceptors (Lipinski definition) is 3. The van der Waals surface area contributed by atoms with E-state index in [1.165, 1.54) is 25.6 Å². The molecule has 1 aromatic rings. The van der Waals surface area contributed by atoms with Crippen molar-refractivity contribution in [3.63, 3.8) is 0 Å². The molecule has 112 valence electrons. The normalized spacial score (nSPS) is 23.6. The molecule has 2 atom stereocenters. The lowest BCUT2D eigenvalue weighted by Gasteiger charge is -2.40. The van der Waals surface area contributed by atoms with Gasteiger partial charge < -0.3 is 5.32 Å². The van der Waals surface area contributed by atoms with Crippen molar-refractivity contribution in [3.05, 3.63) is 12.7 Å². The van der Waals surface area contributed by atoms with E-state index >= 15 is 0 Å². The van der Waals surface area contributed by atoms with Gasteiger partial charge in [-0.2, -0.15) is 5.10 Å². The summed E-state index contributed by atoms with van der Waals surface area (Å²) < 4.78 is 1.70. The molecule has 5 heteroatoms. The molecule has 20 heavy (non-hydrogen) atoms. The van der Waals surface area contributed by atoms with Crippen LogP contribution in [0.25, 0.3) is 0 Å². The largest absolute Gasteiger partial charge is 0.353 e. The monoisotopic (exact) mass is 278 g/mol. The Balaban J connectivity index is 1.85. The highest BCUT2D eigenvalue weighted by Crippen LogP contribution is 2.37. The fraction of sp³-hybridized carbons (Fsp3) is 0.800. The number of nitrogens with one attached hydrogen (secondary N) is 1. The topological polar surface area (TPSA) is 59.8 Å². The molecular formula is C15H26N4O. The number of hydrogen-bond donors (Lipinski definition) is 1. The highest BCUT2D eigenvalue weighted by molar-refractivity contribution is 5.76. The molecule has 1 aliphatic rings. The highest BCUT2D eigenvalue weighted by Gasteiger charge is 2.34. The minimum Gasteiger partial charge on any atom is -0.353 e. The van der Waals surface area contributed by atoms with E-state index in [2.05, 4.69) is 36.2 Å². The molecule has 0 unspecified atom stereocenters. The van der Waals surface area contributed by atoms with Gasteiger partial charge in [-0.25, -0.2) is 4.98 Å². The van der Waals surface area contributed by atoms with Crippen molar-refractivity contribution in [1.82, 2.24) is 20.1 Å². The first-order chi connectivity index (χ1) is 9.47. The minimum absolute atomic E-state index is 0.127. The maximum atomic E-state index is 12.1. The van der Waals surface area contributed by atoms with Gasteiger partial charge in [0.05, 0.1) is 6.54 Å². The van der Waals surface area contributed by atoms with Gasteiger partial charge in [-0.3, -0.25) is 9.48 Å². The summed E-state index contributed by atoms with van der Waals surface area (Å²) in [6.45, 7) is 7.42. The Morgan fingerprint density at radius 2 is 2.10 bits per heavy atom. The van der Waals surface area contributed by atoms with Crippen LogP contribution < -0.4 is 5.32 Å². The van der Waals surface area contributed by atoms with Crippen LogP contribution in [0.5, 0.6) is 0 Å². The summed E-state index contributed by atoms with van der Waals surface area (Å²) in [4.78, 5) is 16.0. The van der Waals surface area contributed by atoms with Crippen LogP contribution in [-0.2, 0) is 11.3 Å². The number of aryl methyl sites for hydroxylation is 1. The predicted molar refractivity (Wildman–Crippen MR) is 78.0 cm³/mol. The Morgan fingerprint density at radius 1 is 1.35 bits per heavy atom. The van der Waals surface area contributed by atoms with Gasteiger partial charge in [0.15, 0.2) is 0 Å². The average molecular weight is 278 g/mol. The fourth-order valence-electron chi connectivity index (χ4n) is 3.18. The third kappa shape index (κ3) is 4.05. The second-order valence-electron chi connectivity index (χ2n) is 6.84. The van der Waals surface area contributed by atoms with Crippen LogP contribution in [0.1, 0.15) is 52.9 Å². The van der Waals surface area contributed by atoms with Crippen molar-refractivity contribution in [2.45, 2.75) is 65.5 Å². The molecule has 0 saturated heterocycles. The van der Waals surface area contributed by atoms with Gasteiger partial charge in [-0.15, -0.1) is 0 Å². The van der Waals surface area contributed by atoms with Crippen LogP contribution in [0.3, 0.4) is 0 Å². The van der Waals surface area contributed by atoms with E-state index < -0.39 is 0 Å². The van der Waals surface area contributed by atoms with E-state index in [0.29, 0.717) is 24.9 Å². The lowest BCUT2D eigenvalue weighted by Crippen LogP contribution is -2.46. The Kier molecular flexibility index (Phi) is 4.78. The second kappa shape index (κ2) is 6.37. The molecule has 1 heterocycles. The molecule has 1 N–H and O–H groups in total. The molecule has 1 fully saturated rings. The summed E-state index contributed by atoms with van der Waals surface area (Å²) in [7, 11) is 0. The summed E-state index contributed by atoms with van der Waals surface area (Å²) in [5.74, 6) is 0.702. The number of aromatic nitrogens is 3. The zero-order chi connectivity index (χ0) is 14.6. The van der Waals surface area contributed by atoms with Gasteiger partial charge in [0.1, 0.15) is 12.7 Å². The Labute approximate surface area is 121 Å². The van der Waals surface area contributed by atoms with Crippen molar-refractivity contribution in [1.29, 1.82) is 0 Å². The zero-order valence-corrected chi connectivity index (χ0v) is 12.8. The van der Waals surface area contributed by atoms with Crippen LogP contribution in [0.2, 0.25) is 0 Å². The number of nitrogens with zero attached hydrogens (tertiary/aromatic N) is 3. The lowest BCUT2D eigenvalue weighted by atomic mass is 9.69. The smallest absolute Gasteiger partial charge is 0.222 e. The maximum Gasteiger partial charge on any atom is 0.222 e. The van der Waals surface area contributed by atoms with Gasteiger partial charge in [0.2, 0.25) is 5.91 Å². The van der Waals surface area contributed by atoms with Crippen molar-refractivity contribution < 1.29 is 4.79 Å². The summed E-state index contributed by atoms with van der Waals surface area (Å²) in [6, 6.07) is 0.326. The maximum absolute atomic E-state index is 12.1. The predicted octanol–water partition coefficient (Wildman–Crippen LogP) is 2.39. The SMILES string of the molecule is CC(C)(C)[C@H]1CCCC[C@@H]1NC(=O)CCn1cncn1. The van der Waals surface area contributed by atoms with Gasteiger partial charge in [-0.05, 0) is 24.2 Å². The molecule has 0 aromatic carbocycles. The van der Waals surface area contributed by atoms with E-state index in [0.717, 1.165) is 6.42 Å². The molecule has 0 aliphatic heterocycles. The van der Waals surface area contributed by atoms with Crippen molar-refractivity contribution in [2.24, 2.45) is 11.3 Å². The van der Waals surface area contributed by atoms with Crippen LogP contribution >= 0.6 is 0 Å². The van der Waals surface area contributed by atoms with Gasteiger partial charge in [-0.1, -0.05) is 33.6 Å². The highest BCUT2D eigenvalue weighted by atomic mass is 16.1. The standard InChI is InChI=1S/C15H26N4O/c1-15(2,3)12-6-4-5-7-13(12)18-14(20)8-9-19-11-16-10-17-19/h10-13H,4-9H2,1-3H3,(H,18,20)/t12-,13-/m0/s1. The molecule has 5 nitrogen and oxygen atoms in total. The summed E-state index contributed by atoms with van der Waals surface area (Å²) in [5.41, 5.74) is 0.254. The lowest BCUT2D eigenvalue weighted by molar-refractivity contribution is -0.123. The van der Waals surface area contributed by atoms with E-state index in [1.54, 1.807) is 11.0 Å². The Morgan fingerprint density at radius 3 is 2.75 bits per heavy atom. The summed E-state index contributed by atoms with van der Waals surface area (Å²) >= 11 is 0. The molecule has 1 saturated carbocycles. The molecule has 0 bridgehead atoms. The van der Waals surface area contributed by atoms with Gasteiger partial charge in [0.25, 0.3) is 0 Å². The Hall–Kier alpha value is -1.39. The van der Waals surface area contributed by atoms with Crippen molar-refractivity contribution in [2.75, 3.05) is 0 Å².